The Balaban J connectivity index is 1.30. The average molecular weight is 361 g/mol. The maximum absolute atomic E-state index is 6.07. The first-order valence-corrected chi connectivity index (χ1v) is 10.9. The van der Waals surface area contributed by atoms with Crippen molar-refractivity contribution < 1.29 is 4.74 Å². The molecule has 2 aliphatic heterocycles. The maximum Gasteiger partial charge on any atom is 0.139 e. The third kappa shape index (κ3) is 4.00. The molecule has 2 saturated heterocycles. The molecule has 3 aliphatic rings. The van der Waals surface area contributed by atoms with Crippen LogP contribution >= 0.6 is 0 Å². The van der Waals surface area contributed by atoms with E-state index in [9.17, 15) is 0 Å². The van der Waals surface area contributed by atoms with Gasteiger partial charge in [0.05, 0.1) is 0 Å². The Bertz CT molecular complexity index is 566. The predicted octanol–water partition coefficient (Wildman–Crippen LogP) is 3.37. The molecule has 3 fully saturated rings. The van der Waals surface area contributed by atoms with Gasteiger partial charge in [0.15, 0.2) is 0 Å². The fourth-order valence-corrected chi connectivity index (χ4v) is 5.33. The van der Waals surface area contributed by atoms with Gasteiger partial charge in [0, 0.05) is 43.7 Å². The van der Waals surface area contributed by atoms with Crippen LogP contribution in [0.1, 0.15) is 70.7 Å². The van der Waals surface area contributed by atoms with Crippen molar-refractivity contribution in [2.75, 3.05) is 19.7 Å². The molecule has 0 bridgehead atoms. The van der Waals surface area contributed by atoms with Gasteiger partial charge in [-0.2, -0.15) is 0 Å². The van der Waals surface area contributed by atoms with Crippen LogP contribution in [-0.4, -0.2) is 52.3 Å². The highest BCUT2D eigenvalue weighted by Crippen LogP contribution is 2.31. The van der Waals surface area contributed by atoms with Gasteiger partial charge in [-0.05, 0) is 58.0 Å². The smallest absolute Gasteiger partial charge is 0.139 e. The number of hydrogen-bond donors (Lipinski definition) is 1. The van der Waals surface area contributed by atoms with Crippen LogP contribution in [0.2, 0.25) is 0 Å². The normalized spacial score (nSPS) is 34.4. The first-order chi connectivity index (χ1) is 12.7. The number of aryl methyl sites for hydroxylation is 1. The monoisotopic (exact) mass is 360 g/mol. The van der Waals surface area contributed by atoms with Crippen molar-refractivity contribution in [1.29, 1.82) is 0 Å². The molecule has 1 N–H and O–H groups in total. The van der Waals surface area contributed by atoms with Gasteiger partial charge in [0.1, 0.15) is 11.9 Å². The third-order valence-corrected chi connectivity index (χ3v) is 6.84. The second kappa shape index (κ2) is 8.41. The Morgan fingerprint density at radius 1 is 1.19 bits per heavy atom. The molecule has 4 atom stereocenters. The molecule has 5 nitrogen and oxygen atoms in total. The van der Waals surface area contributed by atoms with Crippen LogP contribution in [0.15, 0.2) is 12.4 Å². The van der Waals surface area contributed by atoms with E-state index in [1.807, 2.05) is 6.20 Å². The first kappa shape index (κ1) is 18.5. The summed E-state index contributed by atoms with van der Waals surface area (Å²) in [5, 5.41) is 3.93. The third-order valence-electron chi connectivity index (χ3n) is 6.84. The van der Waals surface area contributed by atoms with Crippen LogP contribution in [0, 0.1) is 5.92 Å². The van der Waals surface area contributed by atoms with Gasteiger partial charge in [-0.1, -0.05) is 19.8 Å². The van der Waals surface area contributed by atoms with Crippen molar-refractivity contribution in [3.63, 3.8) is 0 Å². The Morgan fingerprint density at radius 3 is 2.81 bits per heavy atom. The zero-order valence-corrected chi connectivity index (χ0v) is 16.6. The Hall–Kier alpha value is -0.910. The topological polar surface area (TPSA) is 42.3 Å². The summed E-state index contributed by atoms with van der Waals surface area (Å²) in [6.07, 6.45) is 13.4. The van der Waals surface area contributed by atoms with Crippen molar-refractivity contribution in [3.05, 3.63) is 18.2 Å². The van der Waals surface area contributed by atoms with Gasteiger partial charge < -0.3 is 19.5 Å². The van der Waals surface area contributed by atoms with Crippen molar-refractivity contribution >= 4 is 0 Å². The van der Waals surface area contributed by atoms with Gasteiger partial charge in [0.2, 0.25) is 0 Å². The van der Waals surface area contributed by atoms with Crippen LogP contribution < -0.4 is 5.32 Å². The lowest BCUT2D eigenvalue weighted by Crippen LogP contribution is -2.50. The minimum Gasteiger partial charge on any atom is -0.369 e. The molecule has 0 aromatic carbocycles. The lowest BCUT2D eigenvalue weighted by atomic mass is 9.85. The van der Waals surface area contributed by atoms with E-state index in [2.05, 4.69) is 39.8 Å². The molecule has 1 saturated carbocycles. The highest BCUT2D eigenvalue weighted by molar-refractivity contribution is 5.04. The second-order valence-corrected chi connectivity index (χ2v) is 8.66. The Labute approximate surface area is 158 Å². The number of imidazole rings is 1. The summed E-state index contributed by atoms with van der Waals surface area (Å²) < 4.78 is 8.29. The van der Waals surface area contributed by atoms with Gasteiger partial charge in [0.25, 0.3) is 0 Å². The minimum atomic E-state index is 0.113. The number of ether oxygens (including phenoxy) is 1. The molecule has 1 aromatic heterocycles. The SMILES string of the molecule is CCn1ccnc1[C@H]1OCC[C@@H]1NC1CCN(C2CCCC(C)C2)CC1. The Morgan fingerprint density at radius 2 is 2.04 bits per heavy atom. The van der Waals surface area contributed by atoms with E-state index in [-0.39, 0.29) is 6.10 Å². The zero-order valence-electron chi connectivity index (χ0n) is 16.6. The van der Waals surface area contributed by atoms with E-state index in [4.69, 9.17) is 4.74 Å². The molecular formula is C21H36N4O. The van der Waals surface area contributed by atoms with E-state index < -0.39 is 0 Å². The van der Waals surface area contributed by atoms with Gasteiger partial charge >= 0.3 is 0 Å². The molecule has 146 valence electrons. The van der Waals surface area contributed by atoms with E-state index in [1.165, 1.54) is 51.6 Å². The summed E-state index contributed by atoms with van der Waals surface area (Å²) >= 11 is 0. The summed E-state index contributed by atoms with van der Waals surface area (Å²) in [5.74, 6) is 2.01. The summed E-state index contributed by atoms with van der Waals surface area (Å²) in [4.78, 5) is 7.36. The maximum atomic E-state index is 6.07. The van der Waals surface area contributed by atoms with Crippen molar-refractivity contribution in [1.82, 2.24) is 19.8 Å². The fourth-order valence-electron chi connectivity index (χ4n) is 5.33. The zero-order chi connectivity index (χ0) is 17.9. The van der Waals surface area contributed by atoms with Crippen LogP contribution in [0.25, 0.3) is 0 Å². The minimum absolute atomic E-state index is 0.113. The molecule has 2 unspecified atom stereocenters. The summed E-state index contributed by atoms with van der Waals surface area (Å²) in [6.45, 7) is 8.93. The molecular weight excluding hydrogens is 324 g/mol. The lowest BCUT2D eigenvalue weighted by Gasteiger charge is -2.41. The molecule has 0 radical (unpaired) electrons. The number of aromatic nitrogens is 2. The van der Waals surface area contributed by atoms with Crippen LogP contribution in [-0.2, 0) is 11.3 Å². The quantitative estimate of drug-likeness (QED) is 0.874. The highest BCUT2D eigenvalue weighted by atomic mass is 16.5. The predicted molar refractivity (Wildman–Crippen MR) is 104 cm³/mol. The van der Waals surface area contributed by atoms with Crippen LogP contribution in [0.4, 0.5) is 0 Å². The number of piperidine rings is 1. The lowest BCUT2D eigenvalue weighted by molar-refractivity contribution is 0.0743. The molecule has 0 spiro atoms. The average Bonchev–Trinajstić information content (AvgIpc) is 3.30. The molecule has 0 amide bonds. The van der Waals surface area contributed by atoms with E-state index >= 15 is 0 Å². The summed E-state index contributed by atoms with van der Waals surface area (Å²) in [6, 6.07) is 1.89. The summed E-state index contributed by atoms with van der Waals surface area (Å²) in [7, 11) is 0. The number of hydrogen-bond acceptors (Lipinski definition) is 4. The highest BCUT2D eigenvalue weighted by Gasteiger charge is 2.35. The largest absolute Gasteiger partial charge is 0.369 e. The summed E-state index contributed by atoms with van der Waals surface area (Å²) in [5.41, 5.74) is 0. The van der Waals surface area contributed by atoms with Crippen molar-refractivity contribution in [2.45, 2.75) is 89.6 Å². The van der Waals surface area contributed by atoms with E-state index in [0.717, 1.165) is 37.4 Å². The van der Waals surface area contributed by atoms with E-state index in [1.54, 1.807) is 0 Å². The Kier molecular flexibility index (Phi) is 5.97. The number of nitrogens with one attached hydrogen (secondary N) is 1. The molecule has 26 heavy (non-hydrogen) atoms. The van der Waals surface area contributed by atoms with E-state index in [0.29, 0.717) is 12.1 Å². The molecule has 4 rings (SSSR count). The van der Waals surface area contributed by atoms with Crippen LogP contribution in [0.3, 0.4) is 0 Å². The van der Waals surface area contributed by atoms with Gasteiger partial charge in [-0.25, -0.2) is 4.98 Å². The number of rotatable bonds is 5. The van der Waals surface area contributed by atoms with Crippen molar-refractivity contribution in [2.24, 2.45) is 5.92 Å². The molecule has 1 aliphatic carbocycles. The van der Waals surface area contributed by atoms with Crippen LogP contribution in [0.5, 0.6) is 0 Å². The molecule has 3 heterocycles. The molecule has 5 heteroatoms. The standard InChI is InChI=1S/C21H36N4O/c1-3-24-13-10-22-21(24)20-19(9-14-26-20)23-17-7-11-25(12-8-17)18-6-4-5-16(2)15-18/h10,13,16-20,23H,3-9,11-12,14-15H2,1-2H3/t16?,18?,19-,20-/m0/s1. The van der Waals surface area contributed by atoms with Crippen molar-refractivity contribution in [3.8, 4) is 0 Å². The van der Waals surface area contributed by atoms with Gasteiger partial charge in [-0.3, -0.25) is 0 Å². The van der Waals surface area contributed by atoms with Gasteiger partial charge in [-0.15, -0.1) is 0 Å². The molecule has 1 aromatic rings. The number of likely N-dealkylation sites (tertiary alicyclic amines) is 1. The number of nitrogens with zero attached hydrogens (tertiary/aromatic N) is 3. The first-order valence-electron chi connectivity index (χ1n) is 10.9. The second-order valence-electron chi connectivity index (χ2n) is 8.66. The fraction of sp³-hybridized carbons (Fsp3) is 0.857.